The standard InChI is InChI=1S/C23H26N2O2/c1-16-3-5-17(6-4-16)15-24-22(27)23(13-2-14-23)19-9-11-20(12-10-19)25-21(26)18-7-8-18/h3-6,9-12,18H,2,7-8,13-15H2,1H3,(H,24,27)(H,25,26). The van der Waals surface area contributed by atoms with Gasteiger partial charge in [-0.2, -0.15) is 0 Å². The number of amides is 2. The highest BCUT2D eigenvalue weighted by atomic mass is 16.2. The van der Waals surface area contributed by atoms with Crippen LogP contribution in [0.2, 0.25) is 0 Å². The lowest BCUT2D eigenvalue weighted by molar-refractivity contribution is -0.130. The van der Waals surface area contributed by atoms with Gasteiger partial charge in [0.2, 0.25) is 11.8 Å². The molecule has 2 saturated carbocycles. The molecule has 140 valence electrons. The highest BCUT2D eigenvalue weighted by molar-refractivity contribution is 5.94. The Bertz CT molecular complexity index is 832. The number of nitrogens with one attached hydrogen (secondary N) is 2. The van der Waals surface area contributed by atoms with Crippen molar-refractivity contribution in [3.8, 4) is 0 Å². The molecule has 2 aromatic rings. The maximum atomic E-state index is 13.0. The molecule has 4 nitrogen and oxygen atoms in total. The van der Waals surface area contributed by atoms with Gasteiger partial charge in [-0.25, -0.2) is 0 Å². The lowest BCUT2D eigenvalue weighted by Gasteiger charge is -2.40. The molecule has 0 spiro atoms. The highest BCUT2D eigenvalue weighted by Crippen LogP contribution is 2.44. The molecule has 2 amide bonds. The van der Waals surface area contributed by atoms with Crippen molar-refractivity contribution in [1.29, 1.82) is 0 Å². The van der Waals surface area contributed by atoms with Crippen LogP contribution in [0.25, 0.3) is 0 Å². The molecule has 2 aliphatic carbocycles. The maximum absolute atomic E-state index is 13.0. The van der Waals surface area contributed by atoms with Gasteiger partial charge in [0, 0.05) is 18.2 Å². The predicted molar refractivity (Wildman–Crippen MR) is 106 cm³/mol. The Hall–Kier alpha value is -2.62. The quantitative estimate of drug-likeness (QED) is 0.813. The lowest BCUT2D eigenvalue weighted by atomic mass is 9.63. The SMILES string of the molecule is Cc1ccc(CNC(=O)C2(c3ccc(NC(=O)C4CC4)cc3)CCC2)cc1. The smallest absolute Gasteiger partial charge is 0.230 e. The van der Waals surface area contributed by atoms with Crippen molar-refractivity contribution < 1.29 is 9.59 Å². The first kappa shape index (κ1) is 17.8. The molecule has 0 unspecified atom stereocenters. The average Bonchev–Trinajstić information content (AvgIpc) is 3.47. The van der Waals surface area contributed by atoms with Crippen LogP contribution in [0.1, 0.15) is 48.8 Å². The Kier molecular flexibility index (Phi) is 4.73. The average molecular weight is 362 g/mol. The Morgan fingerprint density at radius 1 is 1.00 bits per heavy atom. The van der Waals surface area contributed by atoms with E-state index in [1.54, 1.807) is 0 Å². The minimum atomic E-state index is -0.427. The number of carbonyl (C=O) groups excluding carboxylic acids is 2. The molecule has 0 saturated heterocycles. The Balaban J connectivity index is 1.42. The van der Waals surface area contributed by atoms with Crippen molar-refractivity contribution in [3.63, 3.8) is 0 Å². The van der Waals surface area contributed by atoms with Gasteiger partial charge in [0.1, 0.15) is 0 Å². The fraction of sp³-hybridized carbons (Fsp3) is 0.391. The monoisotopic (exact) mass is 362 g/mol. The number of benzene rings is 2. The number of hydrogen-bond donors (Lipinski definition) is 2. The van der Waals surface area contributed by atoms with Crippen molar-refractivity contribution in [2.75, 3.05) is 5.32 Å². The zero-order chi connectivity index (χ0) is 18.9. The second-order valence-corrected chi connectivity index (χ2v) is 7.94. The van der Waals surface area contributed by atoms with Crippen LogP contribution in [0.5, 0.6) is 0 Å². The first-order chi connectivity index (χ1) is 13.1. The van der Waals surface area contributed by atoms with Gasteiger partial charge in [-0.3, -0.25) is 9.59 Å². The second kappa shape index (κ2) is 7.18. The van der Waals surface area contributed by atoms with Crippen LogP contribution < -0.4 is 10.6 Å². The van der Waals surface area contributed by atoms with Crippen molar-refractivity contribution in [1.82, 2.24) is 5.32 Å². The zero-order valence-electron chi connectivity index (χ0n) is 15.8. The van der Waals surface area contributed by atoms with E-state index in [9.17, 15) is 9.59 Å². The molecular weight excluding hydrogens is 336 g/mol. The Morgan fingerprint density at radius 3 is 2.22 bits per heavy atom. The molecule has 0 aromatic heterocycles. The van der Waals surface area contributed by atoms with E-state index in [-0.39, 0.29) is 17.7 Å². The minimum Gasteiger partial charge on any atom is -0.351 e. The molecule has 4 heteroatoms. The largest absolute Gasteiger partial charge is 0.351 e. The summed E-state index contributed by atoms with van der Waals surface area (Å²) in [6.07, 6.45) is 4.81. The zero-order valence-corrected chi connectivity index (χ0v) is 15.8. The van der Waals surface area contributed by atoms with Crippen LogP contribution >= 0.6 is 0 Å². The van der Waals surface area contributed by atoms with E-state index in [1.807, 2.05) is 24.3 Å². The molecule has 2 fully saturated rings. The van der Waals surface area contributed by atoms with Gasteiger partial charge in [0.05, 0.1) is 5.41 Å². The molecule has 0 bridgehead atoms. The summed E-state index contributed by atoms with van der Waals surface area (Å²) in [5, 5.41) is 6.08. The van der Waals surface area contributed by atoms with Crippen LogP contribution in [-0.4, -0.2) is 11.8 Å². The summed E-state index contributed by atoms with van der Waals surface area (Å²) >= 11 is 0. The van der Waals surface area contributed by atoms with Crippen LogP contribution in [0.4, 0.5) is 5.69 Å². The highest BCUT2D eigenvalue weighted by Gasteiger charge is 2.45. The summed E-state index contributed by atoms with van der Waals surface area (Å²) in [6.45, 7) is 2.61. The van der Waals surface area contributed by atoms with Gasteiger partial charge >= 0.3 is 0 Å². The molecule has 2 aliphatic rings. The van der Waals surface area contributed by atoms with E-state index in [1.165, 1.54) is 5.56 Å². The van der Waals surface area contributed by atoms with E-state index in [2.05, 4.69) is 41.8 Å². The number of anilines is 1. The Labute approximate surface area is 160 Å². The van der Waals surface area contributed by atoms with Gasteiger partial charge in [-0.1, -0.05) is 48.4 Å². The Morgan fingerprint density at radius 2 is 1.67 bits per heavy atom. The molecule has 0 radical (unpaired) electrons. The van der Waals surface area contributed by atoms with Crippen molar-refractivity contribution >= 4 is 17.5 Å². The van der Waals surface area contributed by atoms with Crippen molar-refractivity contribution in [2.45, 2.75) is 51.0 Å². The van der Waals surface area contributed by atoms with Gasteiger partial charge in [0.25, 0.3) is 0 Å². The number of aryl methyl sites for hydroxylation is 1. The van der Waals surface area contributed by atoms with Gasteiger partial charge < -0.3 is 10.6 Å². The third-order valence-corrected chi connectivity index (χ3v) is 5.87. The van der Waals surface area contributed by atoms with Crippen LogP contribution in [-0.2, 0) is 21.5 Å². The van der Waals surface area contributed by atoms with E-state index in [0.717, 1.165) is 48.9 Å². The number of rotatable bonds is 6. The third kappa shape index (κ3) is 3.75. The van der Waals surface area contributed by atoms with E-state index < -0.39 is 5.41 Å². The maximum Gasteiger partial charge on any atom is 0.230 e. The van der Waals surface area contributed by atoms with Gasteiger partial charge in [-0.05, 0) is 55.9 Å². The molecule has 4 rings (SSSR count). The van der Waals surface area contributed by atoms with E-state index >= 15 is 0 Å². The van der Waals surface area contributed by atoms with Crippen LogP contribution in [0, 0.1) is 12.8 Å². The van der Waals surface area contributed by atoms with Crippen LogP contribution in [0.15, 0.2) is 48.5 Å². The van der Waals surface area contributed by atoms with Crippen molar-refractivity contribution in [3.05, 3.63) is 65.2 Å². The summed E-state index contributed by atoms with van der Waals surface area (Å²) in [5.41, 5.74) is 3.75. The molecule has 27 heavy (non-hydrogen) atoms. The first-order valence-electron chi connectivity index (χ1n) is 9.82. The molecule has 0 heterocycles. The summed E-state index contributed by atoms with van der Waals surface area (Å²) in [7, 11) is 0. The molecule has 2 N–H and O–H groups in total. The van der Waals surface area contributed by atoms with Gasteiger partial charge in [-0.15, -0.1) is 0 Å². The molecular formula is C23H26N2O2. The molecule has 0 aliphatic heterocycles. The van der Waals surface area contributed by atoms with E-state index in [0.29, 0.717) is 6.54 Å². The summed E-state index contributed by atoms with van der Waals surface area (Å²) in [4.78, 5) is 24.9. The molecule has 2 aromatic carbocycles. The summed E-state index contributed by atoms with van der Waals surface area (Å²) < 4.78 is 0. The summed E-state index contributed by atoms with van der Waals surface area (Å²) in [5.74, 6) is 0.399. The second-order valence-electron chi connectivity index (χ2n) is 7.94. The molecule has 0 atom stereocenters. The summed E-state index contributed by atoms with van der Waals surface area (Å²) in [6, 6.07) is 16.1. The van der Waals surface area contributed by atoms with Crippen LogP contribution in [0.3, 0.4) is 0 Å². The fourth-order valence-electron chi connectivity index (χ4n) is 3.70. The third-order valence-electron chi connectivity index (χ3n) is 5.87. The first-order valence-corrected chi connectivity index (χ1v) is 9.82. The predicted octanol–water partition coefficient (Wildman–Crippen LogP) is 4.08. The number of hydrogen-bond acceptors (Lipinski definition) is 2. The lowest BCUT2D eigenvalue weighted by Crippen LogP contribution is -2.49. The van der Waals surface area contributed by atoms with Gasteiger partial charge in [0.15, 0.2) is 0 Å². The normalized spacial score (nSPS) is 17.7. The fourth-order valence-corrected chi connectivity index (χ4v) is 3.70. The topological polar surface area (TPSA) is 58.2 Å². The van der Waals surface area contributed by atoms with E-state index in [4.69, 9.17) is 0 Å². The van der Waals surface area contributed by atoms with Crippen molar-refractivity contribution in [2.24, 2.45) is 5.92 Å². The minimum absolute atomic E-state index is 0.101. The number of carbonyl (C=O) groups is 2.